The molecule has 2 heterocycles. The number of alkyl halides is 3. The van der Waals surface area contributed by atoms with E-state index in [4.69, 9.17) is 4.42 Å². The van der Waals surface area contributed by atoms with Crippen molar-refractivity contribution >= 4 is 23.0 Å². The molecule has 2 unspecified atom stereocenters. The van der Waals surface area contributed by atoms with Gasteiger partial charge in [-0.15, -0.1) is 0 Å². The van der Waals surface area contributed by atoms with Crippen LogP contribution in [0.3, 0.4) is 0 Å². The van der Waals surface area contributed by atoms with Gasteiger partial charge in [0, 0.05) is 24.4 Å². The van der Waals surface area contributed by atoms with Crippen LogP contribution in [0.1, 0.15) is 66.6 Å². The highest BCUT2D eigenvalue weighted by atomic mass is 19.4. The molecule has 0 spiro atoms. The smallest absolute Gasteiger partial charge is 0.416 e. The fourth-order valence-corrected chi connectivity index (χ4v) is 5.79. The number of amides is 1. The van der Waals surface area contributed by atoms with Crippen LogP contribution in [0.4, 0.5) is 13.2 Å². The number of halogens is 3. The molecule has 0 bridgehead atoms. The molecule has 0 aliphatic rings. The Morgan fingerprint density at radius 2 is 1.78 bits per heavy atom. The van der Waals surface area contributed by atoms with E-state index in [1.165, 1.54) is 6.39 Å². The molecule has 2 aromatic carbocycles. The van der Waals surface area contributed by atoms with Gasteiger partial charge in [-0.25, -0.2) is 4.98 Å². The van der Waals surface area contributed by atoms with Gasteiger partial charge in [0.1, 0.15) is 11.6 Å². The number of hydrogen-bond donors (Lipinski definition) is 2. The van der Waals surface area contributed by atoms with Crippen LogP contribution in [-0.4, -0.2) is 52.1 Å². The summed E-state index contributed by atoms with van der Waals surface area (Å²) in [5, 5.41) is 12.7. The van der Waals surface area contributed by atoms with Crippen molar-refractivity contribution in [3.63, 3.8) is 0 Å². The topological polar surface area (TPSA) is 118 Å². The molecule has 0 saturated carbocycles. The Morgan fingerprint density at radius 3 is 2.37 bits per heavy atom. The van der Waals surface area contributed by atoms with E-state index >= 15 is 0 Å². The molecule has 2 atom stereocenters. The van der Waals surface area contributed by atoms with E-state index in [0.717, 1.165) is 33.0 Å². The molecular weight excluding hydrogens is 601 g/mol. The number of nitrogens with one attached hydrogen (secondary N) is 1. The number of carboxylic acid groups (broad SMARTS) is 1. The SMILES string of the molecule is Cc1cccc(C)c1-c1cc(C(CC(=O)O)NC(=O)C(CC(C)C)n2cc(CCN(C)C)c(C(F)(F)F)cc2=O)c2ncoc2c1. The lowest BCUT2D eigenvalue weighted by Gasteiger charge is -2.26. The van der Waals surface area contributed by atoms with Gasteiger partial charge in [0.25, 0.3) is 5.56 Å². The second-order valence-electron chi connectivity index (χ2n) is 12.3. The Hall–Kier alpha value is -4.45. The van der Waals surface area contributed by atoms with Crippen LogP contribution in [0, 0.1) is 19.8 Å². The van der Waals surface area contributed by atoms with Crippen molar-refractivity contribution in [1.29, 1.82) is 0 Å². The van der Waals surface area contributed by atoms with E-state index < -0.39 is 47.7 Å². The number of aliphatic carboxylic acids is 1. The first-order valence-electron chi connectivity index (χ1n) is 15.0. The molecule has 0 radical (unpaired) electrons. The van der Waals surface area contributed by atoms with Crippen molar-refractivity contribution in [3.8, 4) is 11.1 Å². The normalized spacial score (nSPS) is 13.4. The van der Waals surface area contributed by atoms with Gasteiger partial charge in [-0.1, -0.05) is 32.0 Å². The first-order valence-corrected chi connectivity index (χ1v) is 15.0. The Morgan fingerprint density at radius 1 is 1.11 bits per heavy atom. The zero-order valence-corrected chi connectivity index (χ0v) is 26.7. The van der Waals surface area contributed by atoms with Crippen LogP contribution >= 0.6 is 0 Å². The number of nitrogens with zero attached hydrogens (tertiary/aromatic N) is 3. The van der Waals surface area contributed by atoms with Gasteiger partial charge < -0.3 is 24.3 Å². The fourth-order valence-electron chi connectivity index (χ4n) is 5.79. The number of oxazole rings is 1. The lowest BCUT2D eigenvalue weighted by atomic mass is 9.91. The maximum absolute atomic E-state index is 14.1. The van der Waals surface area contributed by atoms with Crippen molar-refractivity contribution < 1.29 is 32.3 Å². The molecule has 246 valence electrons. The Balaban J connectivity index is 1.82. The van der Waals surface area contributed by atoms with Gasteiger partial charge in [0.15, 0.2) is 12.0 Å². The van der Waals surface area contributed by atoms with Crippen LogP contribution in [0.2, 0.25) is 0 Å². The predicted octanol–water partition coefficient (Wildman–Crippen LogP) is 6.32. The maximum Gasteiger partial charge on any atom is 0.416 e. The number of benzene rings is 2. The molecule has 46 heavy (non-hydrogen) atoms. The second kappa shape index (κ2) is 13.9. The summed E-state index contributed by atoms with van der Waals surface area (Å²) in [6.07, 6.45) is -2.81. The van der Waals surface area contributed by atoms with Crippen LogP contribution in [0.15, 0.2) is 58.2 Å². The number of carbonyl (C=O) groups excluding carboxylic acids is 1. The maximum atomic E-state index is 14.1. The van der Waals surface area contributed by atoms with Crippen LogP contribution < -0.4 is 10.9 Å². The minimum atomic E-state index is -4.76. The zero-order valence-electron chi connectivity index (χ0n) is 26.7. The van der Waals surface area contributed by atoms with E-state index in [0.29, 0.717) is 22.7 Å². The molecule has 0 fully saturated rings. The van der Waals surface area contributed by atoms with Crippen molar-refractivity contribution in [2.24, 2.45) is 5.92 Å². The van der Waals surface area contributed by atoms with Crippen LogP contribution in [0.5, 0.6) is 0 Å². The van der Waals surface area contributed by atoms with Gasteiger partial charge in [-0.3, -0.25) is 14.4 Å². The lowest BCUT2D eigenvalue weighted by Crippen LogP contribution is -2.40. The first kappa shape index (κ1) is 34.4. The molecule has 2 N–H and O–H groups in total. The molecule has 1 amide bonds. The number of pyridine rings is 1. The third kappa shape index (κ3) is 7.85. The van der Waals surface area contributed by atoms with Crippen LogP contribution in [-0.2, 0) is 22.2 Å². The third-order valence-electron chi connectivity index (χ3n) is 7.94. The summed E-state index contributed by atoms with van der Waals surface area (Å²) in [4.78, 5) is 45.4. The average molecular weight is 641 g/mol. The van der Waals surface area contributed by atoms with E-state index in [9.17, 15) is 32.7 Å². The van der Waals surface area contributed by atoms with Crippen molar-refractivity contribution in [3.05, 3.63) is 87.2 Å². The summed E-state index contributed by atoms with van der Waals surface area (Å²) in [5.41, 5.74) is 2.63. The summed E-state index contributed by atoms with van der Waals surface area (Å²) >= 11 is 0. The van der Waals surface area contributed by atoms with E-state index in [-0.39, 0.29) is 30.9 Å². The molecule has 2 aromatic heterocycles. The number of hydrogen-bond acceptors (Lipinski definition) is 6. The first-order chi connectivity index (χ1) is 21.6. The summed E-state index contributed by atoms with van der Waals surface area (Å²) in [6, 6.07) is 7.64. The number of aryl methyl sites for hydroxylation is 2. The minimum Gasteiger partial charge on any atom is -0.481 e. The van der Waals surface area contributed by atoms with Crippen molar-refractivity contribution in [2.75, 3.05) is 20.6 Å². The number of carboxylic acids is 1. The molecule has 12 heteroatoms. The molecule has 4 rings (SSSR count). The number of carbonyl (C=O) groups is 2. The summed E-state index contributed by atoms with van der Waals surface area (Å²) in [7, 11) is 3.45. The Labute approximate surface area is 265 Å². The molecular formula is C34H39F3N4O5. The van der Waals surface area contributed by atoms with Gasteiger partial charge in [-0.05, 0) is 86.7 Å². The molecule has 0 aliphatic carbocycles. The highest BCUT2D eigenvalue weighted by molar-refractivity contribution is 5.88. The lowest BCUT2D eigenvalue weighted by molar-refractivity contribution is -0.139. The zero-order chi connectivity index (χ0) is 33.9. The highest BCUT2D eigenvalue weighted by Crippen LogP contribution is 2.36. The molecule has 0 aliphatic heterocycles. The predicted molar refractivity (Wildman–Crippen MR) is 169 cm³/mol. The van der Waals surface area contributed by atoms with E-state index in [1.54, 1.807) is 31.1 Å². The monoisotopic (exact) mass is 640 g/mol. The molecule has 0 saturated heterocycles. The number of aromatic nitrogens is 2. The standard InChI is InChI=1S/C34H39F3N4O5/c1-19(2)12-27(41-17-22(10-11-40(5)6)25(15-29(41)42)34(35,36)37)33(45)39-26(16-30(43)44)24-13-23(14-28-32(24)38-18-46-28)31-20(3)8-7-9-21(31)4/h7-9,13-15,17-19,26-27H,10-12,16H2,1-6H3,(H,39,45)(H,43,44). The van der Waals surface area contributed by atoms with Crippen molar-refractivity contribution in [1.82, 2.24) is 19.8 Å². The van der Waals surface area contributed by atoms with Gasteiger partial charge in [0.05, 0.1) is 18.0 Å². The summed E-state index contributed by atoms with van der Waals surface area (Å²) < 4.78 is 48.5. The molecule has 4 aromatic rings. The van der Waals surface area contributed by atoms with Gasteiger partial charge in [-0.2, -0.15) is 13.2 Å². The quantitative estimate of drug-likeness (QED) is 0.186. The third-order valence-corrected chi connectivity index (χ3v) is 7.94. The van der Waals surface area contributed by atoms with Crippen LogP contribution in [0.25, 0.3) is 22.2 Å². The summed E-state index contributed by atoms with van der Waals surface area (Å²) in [5.74, 6) is -2.03. The van der Waals surface area contributed by atoms with Crippen molar-refractivity contribution in [2.45, 2.75) is 65.2 Å². The Bertz CT molecular complexity index is 1770. The Kier molecular flexibility index (Phi) is 10.4. The highest BCUT2D eigenvalue weighted by Gasteiger charge is 2.36. The second-order valence-corrected chi connectivity index (χ2v) is 12.3. The van der Waals surface area contributed by atoms with E-state index in [2.05, 4.69) is 10.3 Å². The number of rotatable bonds is 12. The minimum absolute atomic E-state index is 0.00493. The fraction of sp³-hybridized carbons (Fsp3) is 0.412. The summed E-state index contributed by atoms with van der Waals surface area (Å²) in [6.45, 7) is 7.84. The molecule has 9 nitrogen and oxygen atoms in total. The largest absolute Gasteiger partial charge is 0.481 e. The van der Waals surface area contributed by atoms with Gasteiger partial charge >= 0.3 is 12.1 Å². The number of likely N-dealkylation sites (N-methyl/N-ethyl adjacent to an activating group) is 1. The average Bonchev–Trinajstić information content (AvgIpc) is 3.42. The van der Waals surface area contributed by atoms with Gasteiger partial charge in [0.2, 0.25) is 5.91 Å². The van der Waals surface area contributed by atoms with E-state index in [1.807, 2.05) is 45.9 Å². The number of fused-ring (bicyclic) bond motifs is 1.